The van der Waals surface area contributed by atoms with E-state index in [1.165, 1.54) is 14.0 Å². The fourth-order valence-corrected chi connectivity index (χ4v) is 3.01. The van der Waals surface area contributed by atoms with Crippen molar-refractivity contribution in [3.63, 3.8) is 0 Å². The molecule has 0 spiro atoms. The van der Waals surface area contributed by atoms with Crippen LogP contribution in [0.15, 0.2) is 18.2 Å². The molecule has 1 aliphatic rings. The number of rotatable bonds is 5. The SMILES string of the molecule is COC(=O)c1c(CC(=O)Nc2ccc3c(c2)OCCO3)[nH]c(C(C)=O)c1C. The average molecular weight is 372 g/mol. The van der Waals surface area contributed by atoms with Crippen molar-refractivity contribution in [2.45, 2.75) is 20.3 Å². The maximum atomic E-state index is 12.5. The third-order valence-corrected chi connectivity index (χ3v) is 4.23. The van der Waals surface area contributed by atoms with Crippen LogP contribution in [0.3, 0.4) is 0 Å². The van der Waals surface area contributed by atoms with Gasteiger partial charge in [-0.3, -0.25) is 9.59 Å². The molecule has 0 aliphatic carbocycles. The number of ether oxygens (including phenoxy) is 3. The van der Waals surface area contributed by atoms with Gasteiger partial charge >= 0.3 is 5.97 Å². The second-order valence-electron chi connectivity index (χ2n) is 6.11. The lowest BCUT2D eigenvalue weighted by molar-refractivity contribution is -0.115. The first-order valence-corrected chi connectivity index (χ1v) is 8.41. The molecule has 1 aromatic heterocycles. The molecule has 142 valence electrons. The summed E-state index contributed by atoms with van der Waals surface area (Å²) in [7, 11) is 1.25. The van der Waals surface area contributed by atoms with E-state index in [2.05, 4.69) is 10.3 Å². The molecule has 0 saturated carbocycles. The van der Waals surface area contributed by atoms with E-state index in [1.54, 1.807) is 25.1 Å². The Morgan fingerprint density at radius 3 is 2.56 bits per heavy atom. The molecule has 0 atom stereocenters. The number of Topliss-reactive ketones (excluding diaryl/α,β-unsaturated/α-hetero) is 1. The molecule has 3 rings (SSSR count). The number of methoxy groups -OCH3 is 1. The van der Waals surface area contributed by atoms with Crippen molar-refractivity contribution in [1.29, 1.82) is 0 Å². The van der Waals surface area contributed by atoms with E-state index in [4.69, 9.17) is 14.2 Å². The summed E-state index contributed by atoms with van der Waals surface area (Å²) in [5, 5.41) is 2.75. The van der Waals surface area contributed by atoms with Crippen molar-refractivity contribution in [2.75, 3.05) is 25.6 Å². The van der Waals surface area contributed by atoms with Crippen LogP contribution in [0.4, 0.5) is 5.69 Å². The Hall–Kier alpha value is -3.29. The summed E-state index contributed by atoms with van der Waals surface area (Å²) in [5.74, 6) is 0.00455. The molecule has 1 amide bonds. The number of aromatic nitrogens is 1. The van der Waals surface area contributed by atoms with Gasteiger partial charge in [-0.05, 0) is 24.6 Å². The quantitative estimate of drug-likeness (QED) is 0.616. The number of aromatic amines is 1. The van der Waals surface area contributed by atoms with Crippen molar-refractivity contribution in [2.24, 2.45) is 0 Å². The number of amides is 1. The highest BCUT2D eigenvalue weighted by molar-refractivity contribution is 6.02. The number of carbonyl (C=O) groups is 3. The minimum absolute atomic E-state index is 0.118. The largest absolute Gasteiger partial charge is 0.486 e. The van der Waals surface area contributed by atoms with Crippen molar-refractivity contribution in [1.82, 2.24) is 4.98 Å². The summed E-state index contributed by atoms with van der Waals surface area (Å²) >= 11 is 0. The number of ketones is 1. The van der Waals surface area contributed by atoms with Crippen molar-refractivity contribution in [3.8, 4) is 11.5 Å². The molecule has 0 saturated heterocycles. The number of nitrogens with one attached hydrogen (secondary N) is 2. The van der Waals surface area contributed by atoms with Crippen LogP contribution in [0.5, 0.6) is 11.5 Å². The van der Waals surface area contributed by atoms with Crippen LogP contribution >= 0.6 is 0 Å². The van der Waals surface area contributed by atoms with Gasteiger partial charge in [-0.25, -0.2) is 4.79 Å². The molecular weight excluding hydrogens is 352 g/mol. The minimum atomic E-state index is -0.599. The van der Waals surface area contributed by atoms with Gasteiger partial charge in [-0.15, -0.1) is 0 Å². The van der Waals surface area contributed by atoms with Crippen LogP contribution in [-0.4, -0.2) is 43.0 Å². The van der Waals surface area contributed by atoms with Gasteiger partial charge in [0.2, 0.25) is 5.91 Å². The predicted molar refractivity (Wildman–Crippen MR) is 96.6 cm³/mol. The summed E-state index contributed by atoms with van der Waals surface area (Å²) in [6.45, 7) is 3.96. The van der Waals surface area contributed by atoms with Gasteiger partial charge in [-0.1, -0.05) is 0 Å². The highest BCUT2D eigenvalue weighted by Gasteiger charge is 2.24. The molecule has 2 heterocycles. The van der Waals surface area contributed by atoms with E-state index < -0.39 is 5.97 Å². The fraction of sp³-hybridized carbons (Fsp3) is 0.316. The molecule has 0 fully saturated rings. The topological polar surface area (TPSA) is 107 Å². The van der Waals surface area contributed by atoms with E-state index in [1.807, 2.05) is 0 Å². The van der Waals surface area contributed by atoms with E-state index in [0.717, 1.165) is 0 Å². The number of benzene rings is 1. The predicted octanol–water partition coefficient (Wildman–Crippen LogP) is 2.26. The number of carbonyl (C=O) groups excluding carboxylic acids is 3. The molecule has 1 aliphatic heterocycles. The minimum Gasteiger partial charge on any atom is -0.486 e. The molecule has 2 N–H and O–H groups in total. The van der Waals surface area contributed by atoms with Crippen molar-refractivity contribution >= 4 is 23.3 Å². The van der Waals surface area contributed by atoms with Crippen LogP contribution < -0.4 is 14.8 Å². The molecule has 8 heteroatoms. The number of fused-ring (bicyclic) bond motifs is 1. The number of anilines is 1. The Kier molecular flexibility index (Phi) is 5.16. The van der Waals surface area contributed by atoms with Gasteiger partial charge < -0.3 is 24.5 Å². The van der Waals surface area contributed by atoms with E-state index >= 15 is 0 Å². The van der Waals surface area contributed by atoms with Gasteiger partial charge in [-0.2, -0.15) is 0 Å². The Morgan fingerprint density at radius 2 is 1.89 bits per heavy atom. The highest BCUT2D eigenvalue weighted by atomic mass is 16.6. The first-order chi connectivity index (χ1) is 12.9. The second-order valence-corrected chi connectivity index (χ2v) is 6.11. The van der Waals surface area contributed by atoms with Gasteiger partial charge in [0.1, 0.15) is 13.2 Å². The molecular formula is C19H20N2O6. The van der Waals surface area contributed by atoms with Crippen LogP contribution in [0, 0.1) is 6.92 Å². The first-order valence-electron chi connectivity index (χ1n) is 8.41. The summed E-state index contributed by atoms with van der Waals surface area (Å²) in [4.78, 5) is 39.2. The zero-order valence-electron chi connectivity index (χ0n) is 15.3. The van der Waals surface area contributed by atoms with E-state index in [0.29, 0.717) is 41.7 Å². The third kappa shape index (κ3) is 3.79. The van der Waals surface area contributed by atoms with Crippen LogP contribution in [0.1, 0.15) is 39.0 Å². The Balaban J connectivity index is 1.80. The Morgan fingerprint density at radius 1 is 1.19 bits per heavy atom. The maximum absolute atomic E-state index is 12.5. The van der Waals surface area contributed by atoms with Gasteiger partial charge in [0.25, 0.3) is 0 Å². The summed E-state index contributed by atoms with van der Waals surface area (Å²) < 4.78 is 15.7. The van der Waals surface area contributed by atoms with Crippen molar-refractivity contribution < 1.29 is 28.6 Å². The molecule has 27 heavy (non-hydrogen) atoms. The fourth-order valence-electron chi connectivity index (χ4n) is 3.01. The number of esters is 1. The zero-order chi connectivity index (χ0) is 19.6. The number of hydrogen-bond donors (Lipinski definition) is 2. The lowest BCUT2D eigenvalue weighted by atomic mass is 10.1. The lowest BCUT2D eigenvalue weighted by Gasteiger charge is -2.19. The monoisotopic (exact) mass is 372 g/mol. The average Bonchev–Trinajstić information content (AvgIpc) is 2.97. The third-order valence-electron chi connectivity index (χ3n) is 4.23. The highest BCUT2D eigenvalue weighted by Crippen LogP contribution is 2.32. The Labute approximate surface area is 155 Å². The van der Waals surface area contributed by atoms with E-state index in [9.17, 15) is 14.4 Å². The number of hydrogen-bond acceptors (Lipinski definition) is 6. The van der Waals surface area contributed by atoms with Gasteiger partial charge in [0.05, 0.1) is 24.8 Å². The zero-order valence-corrected chi connectivity index (χ0v) is 15.3. The van der Waals surface area contributed by atoms with Crippen LogP contribution in [-0.2, 0) is 16.0 Å². The van der Waals surface area contributed by atoms with Crippen molar-refractivity contribution in [3.05, 3.63) is 40.7 Å². The molecule has 0 unspecified atom stereocenters. The van der Waals surface area contributed by atoms with E-state index in [-0.39, 0.29) is 29.4 Å². The van der Waals surface area contributed by atoms with Gasteiger partial charge in [0.15, 0.2) is 17.3 Å². The van der Waals surface area contributed by atoms with Crippen LogP contribution in [0.25, 0.3) is 0 Å². The lowest BCUT2D eigenvalue weighted by Crippen LogP contribution is -2.18. The normalized spacial score (nSPS) is 12.4. The molecule has 0 radical (unpaired) electrons. The maximum Gasteiger partial charge on any atom is 0.339 e. The number of H-pyrrole nitrogens is 1. The smallest absolute Gasteiger partial charge is 0.339 e. The second kappa shape index (κ2) is 7.53. The summed E-state index contributed by atoms with van der Waals surface area (Å²) in [6, 6.07) is 5.10. The molecule has 0 bridgehead atoms. The molecule has 2 aromatic rings. The van der Waals surface area contributed by atoms with Gasteiger partial charge in [0, 0.05) is 24.4 Å². The molecule has 8 nitrogen and oxygen atoms in total. The van der Waals surface area contributed by atoms with Crippen LogP contribution in [0.2, 0.25) is 0 Å². The first kappa shape index (κ1) is 18.5. The molecule has 1 aromatic carbocycles. The summed E-state index contributed by atoms with van der Waals surface area (Å²) in [6.07, 6.45) is -0.118. The standard InChI is InChI=1S/C19H20N2O6/c1-10-17(19(24)25-3)13(21-18(10)11(2)22)9-16(23)20-12-4-5-14-15(8-12)27-7-6-26-14/h4-5,8,21H,6-7,9H2,1-3H3,(H,20,23). The summed E-state index contributed by atoms with van der Waals surface area (Å²) in [5.41, 5.74) is 1.84. The Bertz CT molecular complexity index is 915.